The van der Waals surface area contributed by atoms with Crippen LogP contribution in [0.3, 0.4) is 0 Å². The van der Waals surface area contributed by atoms with Crippen LogP contribution >= 0.6 is 22.9 Å². The molecule has 1 nitrogen and oxygen atoms in total. The van der Waals surface area contributed by atoms with Gasteiger partial charge in [-0.1, -0.05) is 0 Å². The lowest BCUT2D eigenvalue weighted by molar-refractivity contribution is -0.0266. The van der Waals surface area contributed by atoms with Gasteiger partial charge in [-0.15, -0.1) is 22.9 Å². The Bertz CT molecular complexity index is 330. The molecule has 1 fully saturated rings. The molecular formula is C13H19ClOS. The highest BCUT2D eigenvalue weighted by atomic mass is 35.5. The monoisotopic (exact) mass is 258 g/mol. The summed E-state index contributed by atoms with van der Waals surface area (Å²) >= 11 is 8.24. The van der Waals surface area contributed by atoms with E-state index in [4.69, 9.17) is 16.3 Å². The molecule has 0 aromatic carbocycles. The van der Waals surface area contributed by atoms with Gasteiger partial charge in [-0.05, 0) is 51.2 Å². The highest BCUT2D eigenvalue weighted by molar-refractivity contribution is 7.12. The smallest absolute Gasteiger partial charge is 0.0681 e. The summed E-state index contributed by atoms with van der Waals surface area (Å²) in [5.41, 5.74) is 0. The van der Waals surface area contributed by atoms with E-state index >= 15 is 0 Å². The summed E-state index contributed by atoms with van der Waals surface area (Å²) in [4.78, 5) is 2.67. The Hall–Kier alpha value is -0.0500. The predicted molar refractivity (Wildman–Crippen MR) is 70.4 cm³/mol. The quantitative estimate of drug-likeness (QED) is 0.705. The van der Waals surface area contributed by atoms with E-state index in [-0.39, 0.29) is 5.38 Å². The minimum absolute atomic E-state index is 0.200. The number of rotatable bonds is 5. The first-order valence-electron chi connectivity index (χ1n) is 6.01. The maximum atomic E-state index is 6.42. The van der Waals surface area contributed by atoms with Gasteiger partial charge in [-0.3, -0.25) is 0 Å². The first-order chi connectivity index (χ1) is 7.69. The summed E-state index contributed by atoms with van der Waals surface area (Å²) < 4.78 is 5.56. The second kappa shape index (κ2) is 5.52. The van der Waals surface area contributed by atoms with Gasteiger partial charge in [0, 0.05) is 16.4 Å². The molecule has 0 radical (unpaired) electrons. The molecule has 0 aliphatic heterocycles. The zero-order valence-electron chi connectivity index (χ0n) is 9.91. The fourth-order valence-electron chi connectivity index (χ4n) is 2.27. The number of aryl methyl sites for hydroxylation is 1. The molecule has 1 unspecified atom stereocenters. The Balaban J connectivity index is 1.75. The maximum Gasteiger partial charge on any atom is 0.0681 e. The van der Waals surface area contributed by atoms with Gasteiger partial charge in [0.05, 0.1) is 11.5 Å². The van der Waals surface area contributed by atoms with Gasteiger partial charge in [0.15, 0.2) is 0 Å². The Morgan fingerprint density at radius 2 is 2.25 bits per heavy atom. The van der Waals surface area contributed by atoms with Crippen molar-refractivity contribution >= 4 is 22.9 Å². The largest absolute Gasteiger partial charge is 0.378 e. The lowest BCUT2D eigenvalue weighted by Gasteiger charge is -2.35. The molecule has 90 valence electrons. The van der Waals surface area contributed by atoms with Crippen LogP contribution in [0.4, 0.5) is 0 Å². The van der Waals surface area contributed by atoms with Crippen molar-refractivity contribution in [1.82, 2.24) is 0 Å². The van der Waals surface area contributed by atoms with Crippen LogP contribution in [0.15, 0.2) is 12.1 Å². The summed E-state index contributed by atoms with van der Waals surface area (Å²) in [6.45, 7) is 5.03. The van der Waals surface area contributed by atoms with Crippen molar-refractivity contribution in [3.8, 4) is 0 Å². The Morgan fingerprint density at radius 1 is 1.50 bits per heavy atom. The van der Waals surface area contributed by atoms with Crippen molar-refractivity contribution in [3.05, 3.63) is 21.9 Å². The molecule has 0 N–H and O–H groups in total. The fraction of sp³-hybridized carbons (Fsp3) is 0.692. The molecule has 1 aliphatic rings. The summed E-state index contributed by atoms with van der Waals surface area (Å²) in [5.74, 6) is 0.765. The molecule has 1 saturated carbocycles. The normalized spacial score (nSPS) is 26.4. The molecule has 2 rings (SSSR count). The van der Waals surface area contributed by atoms with Gasteiger partial charge in [-0.25, -0.2) is 0 Å². The first kappa shape index (κ1) is 12.4. The molecule has 1 aliphatic carbocycles. The number of alkyl halides is 1. The average molecular weight is 259 g/mol. The lowest BCUT2D eigenvalue weighted by Crippen LogP contribution is -2.31. The zero-order chi connectivity index (χ0) is 11.5. The van der Waals surface area contributed by atoms with Crippen molar-refractivity contribution in [2.24, 2.45) is 5.92 Å². The van der Waals surface area contributed by atoms with E-state index in [1.165, 1.54) is 22.6 Å². The van der Waals surface area contributed by atoms with E-state index in [0.29, 0.717) is 6.10 Å². The molecule has 0 amide bonds. The van der Waals surface area contributed by atoms with Crippen molar-refractivity contribution in [2.75, 3.05) is 6.61 Å². The Kier molecular flexibility index (Phi) is 4.28. The van der Waals surface area contributed by atoms with Crippen molar-refractivity contribution in [1.29, 1.82) is 0 Å². The summed E-state index contributed by atoms with van der Waals surface area (Å²) in [7, 11) is 0. The zero-order valence-corrected chi connectivity index (χ0v) is 11.5. The number of ether oxygens (including phenoxy) is 1. The highest BCUT2D eigenvalue weighted by Crippen LogP contribution is 2.40. The Labute approximate surface area is 107 Å². The minimum atomic E-state index is 0.200. The highest BCUT2D eigenvalue weighted by Gasteiger charge is 2.31. The van der Waals surface area contributed by atoms with Gasteiger partial charge < -0.3 is 4.74 Å². The summed E-state index contributed by atoms with van der Waals surface area (Å²) in [6, 6.07) is 4.31. The van der Waals surface area contributed by atoms with Crippen LogP contribution in [0.1, 0.15) is 41.3 Å². The van der Waals surface area contributed by atoms with Crippen LogP contribution < -0.4 is 0 Å². The topological polar surface area (TPSA) is 9.23 Å². The SMILES string of the molecule is CCOC1CC(CC(Cl)c2ccc(C)s2)C1. The van der Waals surface area contributed by atoms with Crippen LogP contribution in [-0.2, 0) is 4.74 Å². The van der Waals surface area contributed by atoms with E-state index in [0.717, 1.165) is 18.9 Å². The number of hydrogen-bond acceptors (Lipinski definition) is 2. The van der Waals surface area contributed by atoms with Gasteiger partial charge in [-0.2, -0.15) is 0 Å². The third-order valence-electron chi connectivity index (χ3n) is 3.20. The van der Waals surface area contributed by atoms with Crippen molar-refractivity contribution in [2.45, 2.75) is 44.6 Å². The van der Waals surface area contributed by atoms with Crippen LogP contribution in [0.25, 0.3) is 0 Å². The van der Waals surface area contributed by atoms with Crippen LogP contribution in [0.5, 0.6) is 0 Å². The molecule has 1 aromatic rings. The van der Waals surface area contributed by atoms with E-state index in [9.17, 15) is 0 Å². The molecule has 1 aromatic heterocycles. The minimum Gasteiger partial charge on any atom is -0.378 e. The van der Waals surface area contributed by atoms with Gasteiger partial charge in [0.25, 0.3) is 0 Å². The van der Waals surface area contributed by atoms with Crippen molar-refractivity contribution in [3.63, 3.8) is 0 Å². The number of hydrogen-bond donors (Lipinski definition) is 0. The molecule has 16 heavy (non-hydrogen) atoms. The second-order valence-electron chi connectivity index (χ2n) is 4.57. The van der Waals surface area contributed by atoms with E-state index in [2.05, 4.69) is 26.0 Å². The molecule has 3 heteroatoms. The lowest BCUT2D eigenvalue weighted by atomic mass is 9.79. The molecule has 1 heterocycles. The van der Waals surface area contributed by atoms with Crippen molar-refractivity contribution < 1.29 is 4.74 Å². The number of thiophene rings is 1. The predicted octanol–water partition coefficient (Wildman–Crippen LogP) is 4.54. The number of halogens is 1. The van der Waals surface area contributed by atoms with E-state index in [1.54, 1.807) is 0 Å². The van der Waals surface area contributed by atoms with E-state index in [1.807, 2.05) is 11.3 Å². The average Bonchev–Trinajstić information content (AvgIpc) is 2.61. The van der Waals surface area contributed by atoms with Crippen LogP contribution in [0, 0.1) is 12.8 Å². The van der Waals surface area contributed by atoms with Gasteiger partial charge >= 0.3 is 0 Å². The Morgan fingerprint density at radius 3 is 2.81 bits per heavy atom. The fourth-order valence-corrected chi connectivity index (χ4v) is 3.60. The molecule has 0 saturated heterocycles. The molecule has 0 spiro atoms. The van der Waals surface area contributed by atoms with Crippen LogP contribution in [0.2, 0.25) is 0 Å². The first-order valence-corrected chi connectivity index (χ1v) is 7.26. The standard InChI is InChI=1S/C13H19ClOS/c1-3-15-11-6-10(7-11)8-12(14)13-5-4-9(2)16-13/h4-5,10-12H,3,6-8H2,1-2H3. The molecule has 1 atom stereocenters. The van der Waals surface area contributed by atoms with Crippen LogP contribution in [-0.4, -0.2) is 12.7 Å². The van der Waals surface area contributed by atoms with E-state index < -0.39 is 0 Å². The summed E-state index contributed by atoms with van der Waals surface area (Å²) in [6.07, 6.45) is 4.00. The van der Waals surface area contributed by atoms with Gasteiger partial charge in [0.2, 0.25) is 0 Å². The summed E-state index contributed by atoms with van der Waals surface area (Å²) in [5, 5.41) is 0.200. The third-order valence-corrected chi connectivity index (χ3v) is 4.86. The molecule has 0 bridgehead atoms. The molecular weight excluding hydrogens is 240 g/mol. The third kappa shape index (κ3) is 2.99. The maximum absolute atomic E-state index is 6.42. The second-order valence-corrected chi connectivity index (χ2v) is 6.41. The van der Waals surface area contributed by atoms with Gasteiger partial charge in [0.1, 0.15) is 0 Å².